The van der Waals surface area contributed by atoms with E-state index in [1.54, 1.807) is 5.57 Å². The molecular weight excluding hydrogens is 408 g/mol. The average molecular weight is 457 g/mol. The number of fused-ring (bicyclic) bond motifs is 7. The first kappa shape index (κ1) is 23.9. The van der Waals surface area contributed by atoms with E-state index in [1.807, 2.05) is 6.92 Å². The molecule has 1 unspecified atom stereocenters. The van der Waals surface area contributed by atoms with Crippen LogP contribution in [0.3, 0.4) is 0 Å². The van der Waals surface area contributed by atoms with Crippen LogP contribution in [0.4, 0.5) is 0 Å². The van der Waals surface area contributed by atoms with Gasteiger partial charge < -0.3 is 10.2 Å². The minimum atomic E-state index is -1.03. The molecule has 3 heteroatoms. The van der Waals surface area contributed by atoms with Crippen molar-refractivity contribution in [3.63, 3.8) is 0 Å². The Hall–Kier alpha value is -0.830. The molecule has 33 heavy (non-hydrogen) atoms. The van der Waals surface area contributed by atoms with E-state index in [4.69, 9.17) is 0 Å². The molecule has 0 saturated heterocycles. The third-order valence-electron chi connectivity index (χ3n) is 13.2. The van der Waals surface area contributed by atoms with E-state index in [1.165, 1.54) is 32.1 Å². The Kier molecular flexibility index (Phi) is 4.99. The summed E-state index contributed by atoms with van der Waals surface area (Å²) < 4.78 is 0. The van der Waals surface area contributed by atoms with Crippen molar-refractivity contribution in [2.45, 2.75) is 119 Å². The van der Waals surface area contributed by atoms with Crippen molar-refractivity contribution in [3.05, 3.63) is 11.6 Å². The average Bonchev–Trinajstić information content (AvgIpc) is 2.72. The fraction of sp³-hybridized carbons (Fsp3) is 0.900. The smallest absolute Gasteiger partial charge is 0.312 e. The van der Waals surface area contributed by atoms with Crippen LogP contribution in [-0.2, 0) is 4.79 Å². The van der Waals surface area contributed by atoms with Gasteiger partial charge >= 0.3 is 5.97 Å². The van der Waals surface area contributed by atoms with Crippen LogP contribution in [0.25, 0.3) is 0 Å². The van der Waals surface area contributed by atoms with Crippen LogP contribution in [0, 0.1) is 50.2 Å². The number of aliphatic hydroxyl groups is 1. The number of aliphatic hydroxyl groups excluding tert-OH is 1. The van der Waals surface area contributed by atoms with E-state index in [-0.39, 0.29) is 22.2 Å². The van der Waals surface area contributed by atoms with Gasteiger partial charge in [0, 0.05) is 0 Å². The van der Waals surface area contributed by atoms with E-state index >= 15 is 0 Å². The first-order chi connectivity index (χ1) is 15.1. The summed E-state index contributed by atoms with van der Waals surface area (Å²) in [6.45, 7) is 16.9. The minimum Gasteiger partial charge on any atom is -0.481 e. The number of carboxylic acids is 1. The molecule has 4 saturated carbocycles. The molecule has 0 bridgehead atoms. The molecule has 0 aromatic rings. The van der Waals surface area contributed by atoms with Gasteiger partial charge in [-0.15, -0.1) is 0 Å². The number of hydrogen-bond donors (Lipinski definition) is 2. The maximum atomic E-state index is 12.5. The second kappa shape index (κ2) is 6.89. The third kappa shape index (κ3) is 2.87. The molecule has 0 spiro atoms. The molecular formula is C30H48O3. The number of carboxylic acid groups (broad SMARTS) is 1. The van der Waals surface area contributed by atoms with Crippen LogP contribution in [0.1, 0.15) is 113 Å². The van der Waals surface area contributed by atoms with Gasteiger partial charge in [-0.25, -0.2) is 0 Å². The van der Waals surface area contributed by atoms with E-state index in [2.05, 4.69) is 47.6 Å². The highest BCUT2D eigenvalue weighted by molar-refractivity contribution is 5.76. The fourth-order valence-electron chi connectivity index (χ4n) is 10.5. The largest absolute Gasteiger partial charge is 0.481 e. The topological polar surface area (TPSA) is 57.5 Å². The Labute approximate surface area is 201 Å². The lowest BCUT2D eigenvalue weighted by molar-refractivity contribution is -0.216. The standard InChI is InChI=1S/C30H48O3/c1-25(2)14-15-26(3)16-17-28(5)19(20(26)18-25)8-9-21-27(4)12-11-23(31)30(7,24(32)33)22(27)10-13-29(21,28)6/h8,20-23,31H,9-18H2,1-7H3,(H,32,33)/t20-,21+,22+,23+,26+,27+,28+,29+,30?/m0/s1. The Morgan fingerprint density at radius 3 is 2.21 bits per heavy atom. The third-order valence-corrected chi connectivity index (χ3v) is 13.2. The van der Waals surface area contributed by atoms with Crippen LogP contribution in [0.5, 0.6) is 0 Å². The molecule has 5 aliphatic rings. The minimum absolute atomic E-state index is 0.0308. The summed E-state index contributed by atoms with van der Waals surface area (Å²) in [5.74, 6) is 0.432. The maximum Gasteiger partial charge on any atom is 0.312 e. The molecule has 0 amide bonds. The molecule has 9 atom stereocenters. The highest BCUT2D eigenvalue weighted by atomic mass is 16.4. The summed E-state index contributed by atoms with van der Waals surface area (Å²) >= 11 is 0. The molecule has 0 aliphatic heterocycles. The fourth-order valence-corrected chi connectivity index (χ4v) is 10.5. The zero-order valence-electron chi connectivity index (χ0n) is 22.3. The lowest BCUT2D eigenvalue weighted by atomic mass is 9.33. The molecule has 5 rings (SSSR count). The predicted molar refractivity (Wildman–Crippen MR) is 133 cm³/mol. The van der Waals surface area contributed by atoms with Gasteiger partial charge in [0.25, 0.3) is 0 Å². The van der Waals surface area contributed by atoms with E-state index < -0.39 is 17.5 Å². The Morgan fingerprint density at radius 2 is 1.55 bits per heavy atom. The maximum absolute atomic E-state index is 12.5. The van der Waals surface area contributed by atoms with Crippen molar-refractivity contribution < 1.29 is 15.0 Å². The molecule has 2 N–H and O–H groups in total. The number of carbonyl (C=O) groups is 1. The Bertz CT molecular complexity index is 889. The SMILES string of the molecule is CC1(C)CC[C@]2(C)CC[C@]3(C)C(=CC[C@@H]4[C@@]5(C)CC[C@@H](O)C(C)(C(=O)O)[C@@H]5CC[C@]43C)[C@@H]2C1. The summed E-state index contributed by atoms with van der Waals surface area (Å²) in [6.07, 6.45) is 13.2. The van der Waals surface area contributed by atoms with Crippen molar-refractivity contribution in [1.82, 2.24) is 0 Å². The Morgan fingerprint density at radius 1 is 0.879 bits per heavy atom. The van der Waals surface area contributed by atoms with Crippen molar-refractivity contribution in [2.75, 3.05) is 0 Å². The molecule has 5 aliphatic carbocycles. The van der Waals surface area contributed by atoms with E-state index in [0.717, 1.165) is 25.7 Å². The first-order valence-corrected chi connectivity index (χ1v) is 13.8. The molecule has 0 radical (unpaired) electrons. The van der Waals surface area contributed by atoms with Crippen LogP contribution in [0.2, 0.25) is 0 Å². The second-order valence-corrected chi connectivity index (χ2v) is 15.0. The number of allylic oxidation sites excluding steroid dienone is 2. The summed E-state index contributed by atoms with van der Waals surface area (Å²) in [5.41, 5.74) is 1.98. The summed E-state index contributed by atoms with van der Waals surface area (Å²) in [5, 5.41) is 21.1. The van der Waals surface area contributed by atoms with Crippen molar-refractivity contribution in [3.8, 4) is 0 Å². The zero-order valence-corrected chi connectivity index (χ0v) is 22.3. The quantitative estimate of drug-likeness (QED) is 0.409. The monoisotopic (exact) mass is 456 g/mol. The molecule has 0 heterocycles. The summed E-state index contributed by atoms with van der Waals surface area (Å²) in [7, 11) is 0. The summed E-state index contributed by atoms with van der Waals surface area (Å²) in [4.78, 5) is 12.5. The highest BCUT2D eigenvalue weighted by Gasteiger charge is 2.69. The number of aliphatic carboxylic acids is 1. The molecule has 186 valence electrons. The van der Waals surface area contributed by atoms with Gasteiger partial charge in [0.2, 0.25) is 0 Å². The second-order valence-electron chi connectivity index (χ2n) is 15.0. The van der Waals surface area contributed by atoms with Crippen molar-refractivity contribution >= 4 is 5.97 Å². The van der Waals surface area contributed by atoms with Crippen LogP contribution in [-0.4, -0.2) is 22.3 Å². The van der Waals surface area contributed by atoms with Gasteiger partial charge in [-0.05, 0) is 116 Å². The predicted octanol–water partition coefficient (Wildman–Crippen LogP) is 7.23. The molecule has 0 aromatic carbocycles. The van der Waals surface area contributed by atoms with Crippen molar-refractivity contribution in [2.24, 2.45) is 50.2 Å². The highest BCUT2D eigenvalue weighted by Crippen LogP contribution is 2.75. The van der Waals surface area contributed by atoms with Crippen LogP contribution < -0.4 is 0 Å². The van der Waals surface area contributed by atoms with E-state index in [9.17, 15) is 15.0 Å². The molecule has 3 nitrogen and oxygen atoms in total. The first-order valence-electron chi connectivity index (χ1n) is 13.8. The molecule has 4 fully saturated rings. The number of hydrogen-bond acceptors (Lipinski definition) is 2. The summed E-state index contributed by atoms with van der Waals surface area (Å²) in [6, 6.07) is 0. The van der Waals surface area contributed by atoms with Crippen molar-refractivity contribution in [1.29, 1.82) is 0 Å². The lowest BCUT2D eigenvalue weighted by Gasteiger charge is -2.71. The lowest BCUT2D eigenvalue weighted by Crippen LogP contribution is -2.66. The Balaban J connectivity index is 1.58. The zero-order chi connectivity index (χ0) is 24.2. The van der Waals surface area contributed by atoms with Gasteiger partial charge in [-0.3, -0.25) is 4.79 Å². The van der Waals surface area contributed by atoms with Gasteiger partial charge in [0.1, 0.15) is 0 Å². The van der Waals surface area contributed by atoms with E-state index in [0.29, 0.717) is 29.1 Å². The normalized spacial score (nSPS) is 55.3. The van der Waals surface area contributed by atoms with Crippen LogP contribution in [0.15, 0.2) is 11.6 Å². The van der Waals surface area contributed by atoms with Gasteiger partial charge in [-0.1, -0.05) is 53.2 Å². The van der Waals surface area contributed by atoms with Gasteiger partial charge in [0.05, 0.1) is 11.5 Å². The van der Waals surface area contributed by atoms with Crippen LogP contribution >= 0.6 is 0 Å². The molecule has 0 aromatic heterocycles. The van der Waals surface area contributed by atoms with Gasteiger partial charge in [0.15, 0.2) is 0 Å². The van der Waals surface area contributed by atoms with Gasteiger partial charge in [-0.2, -0.15) is 0 Å². The number of rotatable bonds is 1.